The molecule has 34 heavy (non-hydrogen) atoms. The average molecular weight is 517 g/mol. The van der Waals surface area contributed by atoms with Gasteiger partial charge in [0.1, 0.15) is 0 Å². The summed E-state index contributed by atoms with van der Waals surface area (Å²) in [4.78, 5) is 44.5. The molecular weight excluding hydrogens is 495 g/mol. The minimum absolute atomic E-state index is 0.00100. The van der Waals surface area contributed by atoms with Gasteiger partial charge in [0.25, 0.3) is 0 Å². The number of benzene rings is 2. The van der Waals surface area contributed by atoms with Gasteiger partial charge in [0.15, 0.2) is 11.2 Å². The van der Waals surface area contributed by atoms with Crippen molar-refractivity contribution in [2.24, 2.45) is 5.92 Å². The summed E-state index contributed by atoms with van der Waals surface area (Å²) in [6.07, 6.45) is -0.852. The molecular formula is C25H22Cl2N2O4S. The molecule has 0 unspecified atom stereocenters. The summed E-state index contributed by atoms with van der Waals surface area (Å²) in [6.45, 7) is 2.17. The Bertz CT molecular complexity index is 1190. The number of carbonyl (C=O) groups is 3. The van der Waals surface area contributed by atoms with Gasteiger partial charge >= 0.3 is 5.97 Å². The fraction of sp³-hybridized carbons (Fsp3) is 0.280. The highest BCUT2D eigenvalue weighted by Crippen LogP contribution is 2.32. The number of hydrogen-bond acceptors (Lipinski definition) is 6. The van der Waals surface area contributed by atoms with Crippen LogP contribution >= 0.6 is 34.5 Å². The molecule has 176 valence electrons. The van der Waals surface area contributed by atoms with Crippen molar-refractivity contribution in [1.82, 2.24) is 4.98 Å². The number of aryl methyl sites for hydroxylation is 1. The van der Waals surface area contributed by atoms with E-state index in [-0.39, 0.29) is 37.0 Å². The second-order valence-electron chi connectivity index (χ2n) is 8.06. The van der Waals surface area contributed by atoms with Crippen LogP contribution in [-0.2, 0) is 14.3 Å². The second-order valence-corrected chi connectivity index (χ2v) is 9.71. The van der Waals surface area contributed by atoms with Gasteiger partial charge in [0.05, 0.1) is 11.6 Å². The smallest absolute Gasteiger partial charge is 0.312 e. The number of rotatable bonds is 8. The number of carbonyl (C=O) groups excluding carboxylic acids is 3. The van der Waals surface area contributed by atoms with Gasteiger partial charge in [0, 0.05) is 46.8 Å². The number of esters is 1. The van der Waals surface area contributed by atoms with E-state index in [1.165, 1.54) is 16.2 Å². The Morgan fingerprint density at radius 2 is 1.88 bits per heavy atom. The van der Waals surface area contributed by atoms with Crippen LogP contribution in [0.5, 0.6) is 0 Å². The lowest BCUT2D eigenvalue weighted by molar-refractivity contribution is -0.151. The molecule has 1 aliphatic rings. The highest BCUT2D eigenvalue weighted by Gasteiger charge is 2.39. The molecule has 9 heteroatoms. The Hall–Kier alpha value is -2.74. The van der Waals surface area contributed by atoms with Crippen LogP contribution in [0.1, 0.15) is 28.8 Å². The molecule has 0 radical (unpaired) electrons. The molecule has 1 amide bonds. The maximum absolute atomic E-state index is 12.9. The van der Waals surface area contributed by atoms with E-state index in [9.17, 15) is 14.4 Å². The highest BCUT2D eigenvalue weighted by molar-refractivity contribution is 7.14. The maximum Gasteiger partial charge on any atom is 0.312 e. The summed E-state index contributed by atoms with van der Waals surface area (Å²) >= 11 is 13.1. The van der Waals surface area contributed by atoms with Crippen LogP contribution in [0.3, 0.4) is 0 Å². The molecule has 4 rings (SSSR count). The number of ketones is 1. The summed E-state index contributed by atoms with van der Waals surface area (Å²) in [5, 5.41) is 2.92. The first kappa shape index (κ1) is 24.4. The second kappa shape index (κ2) is 10.7. The van der Waals surface area contributed by atoms with E-state index in [0.29, 0.717) is 15.7 Å². The first-order valence-electron chi connectivity index (χ1n) is 10.7. The van der Waals surface area contributed by atoms with Gasteiger partial charge in [-0.3, -0.25) is 19.3 Å². The van der Waals surface area contributed by atoms with Gasteiger partial charge in [-0.15, -0.1) is 22.9 Å². The molecule has 0 aliphatic carbocycles. The van der Waals surface area contributed by atoms with E-state index in [0.717, 1.165) is 16.8 Å². The molecule has 1 saturated heterocycles. The third-order valence-electron chi connectivity index (χ3n) is 5.58. The number of Topliss-reactive ketones (excluding diaryl/α,β-unsaturated/α-hetero) is 1. The van der Waals surface area contributed by atoms with E-state index in [1.54, 1.807) is 24.3 Å². The first-order valence-corrected chi connectivity index (χ1v) is 12.5. The van der Waals surface area contributed by atoms with Gasteiger partial charge in [-0.05, 0) is 31.2 Å². The van der Waals surface area contributed by atoms with Crippen molar-refractivity contribution in [1.29, 1.82) is 0 Å². The SMILES string of the molecule is Cc1ccc(-c2csc(N3C[C@@H](C(=O)O[C@H](CCCl)C(=O)c4ccc(Cl)cc4)CC3=O)n2)cc1. The lowest BCUT2D eigenvalue weighted by Crippen LogP contribution is -2.32. The lowest BCUT2D eigenvalue weighted by atomic mass is 10.0. The molecule has 2 heterocycles. The normalized spacial score (nSPS) is 16.5. The van der Waals surface area contributed by atoms with Crippen molar-refractivity contribution in [3.05, 3.63) is 70.1 Å². The Balaban J connectivity index is 1.43. The number of hydrogen-bond donors (Lipinski definition) is 0. The number of alkyl halides is 1. The quantitative estimate of drug-likeness (QED) is 0.223. The van der Waals surface area contributed by atoms with E-state index in [2.05, 4.69) is 4.98 Å². The van der Waals surface area contributed by atoms with E-state index in [4.69, 9.17) is 27.9 Å². The summed E-state index contributed by atoms with van der Waals surface area (Å²) in [5.74, 6) is -1.69. The van der Waals surface area contributed by atoms with Crippen LogP contribution < -0.4 is 4.90 Å². The van der Waals surface area contributed by atoms with Crippen LogP contribution in [0.25, 0.3) is 11.3 Å². The van der Waals surface area contributed by atoms with E-state index in [1.807, 2.05) is 36.6 Å². The molecule has 6 nitrogen and oxygen atoms in total. The molecule has 2 aromatic carbocycles. The van der Waals surface area contributed by atoms with Gasteiger partial charge < -0.3 is 4.74 Å². The van der Waals surface area contributed by atoms with Crippen LogP contribution in [0.2, 0.25) is 5.02 Å². The summed E-state index contributed by atoms with van der Waals surface area (Å²) < 4.78 is 5.54. The van der Waals surface area contributed by atoms with Gasteiger partial charge in [0.2, 0.25) is 11.7 Å². The van der Waals surface area contributed by atoms with Crippen LogP contribution in [0.4, 0.5) is 5.13 Å². The summed E-state index contributed by atoms with van der Waals surface area (Å²) in [6, 6.07) is 14.3. The molecule has 3 aromatic rings. The highest BCUT2D eigenvalue weighted by atomic mass is 35.5. The summed E-state index contributed by atoms with van der Waals surface area (Å²) in [5.41, 5.74) is 3.26. The van der Waals surface area contributed by atoms with Crippen molar-refractivity contribution in [2.75, 3.05) is 17.3 Å². The number of amides is 1. The third-order valence-corrected chi connectivity index (χ3v) is 6.91. The Kier molecular flexibility index (Phi) is 7.66. The van der Waals surface area contributed by atoms with Crippen LogP contribution in [0, 0.1) is 12.8 Å². The van der Waals surface area contributed by atoms with Gasteiger partial charge in [-0.25, -0.2) is 4.98 Å². The topological polar surface area (TPSA) is 76.6 Å². The number of halogens is 2. The first-order chi connectivity index (χ1) is 16.4. The molecule has 1 fully saturated rings. The van der Waals surface area contributed by atoms with Crippen LogP contribution in [-0.4, -0.2) is 41.2 Å². The fourth-order valence-electron chi connectivity index (χ4n) is 3.67. The molecule has 0 saturated carbocycles. The predicted molar refractivity (Wildman–Crippen MR) is 134 cm³/mol. The zero-order valence-corrected chi connectivity index (χ0v) is 20.7. The Labute approximate surface area is 211 Å². The summed E-state index contributed by atoms with van der Waals surface area (Å²) in [7, 11) is 0. The molecule has 1 aliphatic heterocycles. The molecule has 0 N–H and O–H groups in total. The number of aromatic nitrogens is 1. The van der Waals surface area contributed by atoms with Crippen molar-refractivity contribution >= 4 is 57.3 Å². The molecule has 0 bridgehead atoms. The van der Waals surface area contributed by atoms with E-state index >= 15 is 0 Å². The zero-order valence-electron chi connectivity index (χ0n) is 18.4. The molecule has 2 atom stereocenters. The van der Waals surface area contributed by atoms with Crippen molar-refractivity contribution in [3.63, 3.8) is 0 Å². The van der Waals surface area contributed by atoms with Crippen molar-refractivity contribution in [2.45, 2.75) is 25.9 Å². The Morgan fingerprint density at radius 3 is 2.56 bits per heavy atom. The van der Waals surface area contributed by atoms with Crippen LogP contribution in [0.15, 0.2) is 53.9 Å². The minimum atomic E-state index is -1.02. The number of ether oxygens (including phenoxy) is 1. The largest absolute Gasteiger partial charge is 0.454 e. The average Bonchev–Trinajstić information content (AvgIpc) is 3.46. The fourth-order valence-corrected chi connectivity index (χ4v) is 4.86. The Morgan fingerprint density at radius 1 is 1.18 bits per heavy atom. The number of anilines is 1. The lowest BCUT2D eigenvalue weighted by Gasteiger charge is -2.18. The molecule has 0 spiro atoms. The van der Waals surface area contributed by atoms with Gasteiger partial charge in [-0.2, -0.15) is 0 Å². The minimum Gasteiger partial charge on any atom is -0.454 e. The predicted octanol–water partition coefficient (Wildman–Crippen LogP) is 5.55. The number of nitrogens with zero attached hydrogens (tertiary/aromatic N) is 2. The van der Waals surface area contributed by atoms with E-state index < -0.39 is 18.0 Å². The number of thiazole rings is 1. The third kappa shape index (κ3) is 5.49. The zero-order chi connectivity index (χ0) is 24.2. The monoisotopic (exact) mass is 516 g/mol. The molecule has 1 aromatic heterocycles. The van der Waals surface area contributed by atoms with Gasteiger partial charge in [-0.1, -0.05) is 41.4 Å². The van der Waals surface area contributed by atoms with Crippen molar-refractivity contribution in [3.8, 4) is 11.3 Å². The van der Waals surface area contributed by atoms with Crippen molar-refractivity contribution < 1.29 is 19.1 Å². The standard InChI is InChI=1S/C25H22Cl2N2O4S/c1-15-2-4-16(5-3-15)20-14-34-25(28-20)29-13-18(12-22(29)30)24(32)33-21(10-11-26)23(31)17-6-8-19(27)9-7-17/h2-9,14,18,21H,10-13H2,1H3/t18-,21+/m0/s1. The maximum atomic E-state index is 12.9.